The summed E-state index contributed by atoms with van der Waals surface area (Å²) in [7, 11) is 0. The SMILES string of the molecule is O=C1CN(C(=O)C2CSCN2)CCN1. The van der Waals surface area contributed by atoms with E-state index in [1.165, 1.54) is 0 Å². The summed E-state index contributed by atoms with van der Waals surface area (Å²) < 4.78 is 0. The van der Waals surface area contributed by atoms with E-state index in [4.69, 9.17) is 0 Å². The van der Waals surface area contributed by atoms with Gasteiger partial charge in [0.2, 0.25) is 11.8 Å². The normalized spacial score (nSPS) is 27.6. The molecule has 2 saturated heterocycles. The number of rotatable bonds is 1. The number of amides is 2. The lowest BCUT2D eigenvalue weighted by Crippen LogP contribution is -2.54. The first kappa shape index (κ1) is 9.79. The van der Waals surface area contributed by atoms with Crippen molar-refractivity contribution in [3.05, 3.63) is 0 Å². The molecule has 2 fully saturated rings. The molecule has 2 heterocycles. The molecule has 78 valence electrons. The highest BCUT2D eigenvalue weighted by Gasteiger charge is 2.29. The van der Waals surface area contributed by atoms with Gasteiger partial charge in [0, 0.05) is 24.7 Å². The Morgan fingerprint density at radius 1 is 1.57 bits per heavy atom. The van der Waals surface area contributed by atoms with E-state index in [0.29, 0.717) is 13.1 Å². The molecular formula is C8H13N3O2S. The molecule has 0 bridgehead atoms. The van der Waals surface area contributed by atoms with Crippen LogP contribution in [0, 0.1) is 0 Å². The summed E-state index contributed by atoms with van der Waals surface area (Å²) >= 11 is 1.72. The first-order valence-corrected chi connectivity index (χ1v) is 5.79. The minimum atomic E-state index is -0.0918. The summed E-state index contributed by atoms with van der Waals surface area (Å²) in [6.07, 6.45) is 0. The van der Waals surface area contributed by atoms with Crippen LogP contribution in [0.4, 0.5) is 0 Å². The summed E-state index contributed by atoms with van der Waals surface area (Å²) in [4.78, 5) is 24.5. The Hall–Kier alpha value is -0.750. The van der Waals surface area contributed by atoms with E-state index >= 15 is 0 Å². The topological polar surface area (TPSA) is 61.4 Å². The third kappa shape index (κ3) is 2.01. The van der Waals surface area contributed by atoms with Crippen molar-refractivity contribution in [1.29, 1.82) is 0 Å². The summed E-state index contributed by atoms with van der Waals surface area (Å²) in [6.45, 7) is 1.42. The van der Waals surface area contributed by atoms with Gasteiger partial charge in [-0.15, -0.1) is 11.8 Å². The van der Waals surface area contributed by atoms with Crippen molar-refractivity contribution in [3.8, 4) is 0 Å². The summed E-state index contributed by atoms with van der Waals surface area (Å²) in [5.41, 5.74) is 0. The van der Waals surface area contributed by atoms with Gasteiger partial charge in [-0.2, -0.15) is 0 Å². The first-order chi connectivity index (χ1) is 6.77. The molecule has 0 aromatic carbocycles. The number of hydrogen-bond donors (Lipinski definition) is 2. The standard InChI is InChI=1S/C8H13N3O2S/c12-7-3-11(2-1-9-7)8(13)6-4-14-5-10-6/h6,10H,1-5H2,(H,9,12). The maximum absolute atomic E-state index is 11.8. The Labute approximate surface area is 86.6 Å². The molecule has 5 nitrogen and oxygen atoms in total. The highest BCUT2D eigenvalue weighted by molar-refractivity contribution is 7.99. The second kappa shape index (κ2) is 4.18. The molecule has 0 aromatic heterocycles. The van der Waals surface area contributed by atoms with Gasteiger partial charge in [-0.25, -0.2) is 0 Å². The highest BCUT2D eigenvalue weighted by atomic mass is 32.2. The van der Waals surface area contributed by atoms with Gasteiger partial charge in [-0.1, -0.05) is 0 Å². The van der Waals surface area contributed by atoms with Gasteiger partial charge in [0.15, 0.2) is 0 Å². The third-order valence-corrected chi connectivity index (χ3v) is 3.30. The molecule has 0 aromatic rings. The molecule has 0 saturated carbocycles. The maximum Gasteiger partial charge on any atom is 0.241 e. The molecule has 14 heavy (non-hydrogen) atoms. The molecule has 0 spiro atoms. The van der Waals surface area contributed by atoms with E-state index in [9.17, 15) is 9.59 Å². The Kier molecular flexibility index (Phi) is 2.93. The lowest BCUT2D eigenvalue weighted by Gasteiger charge is -2.28. The lowest BCUT2D eigenvalue weighted by molar-refractivity contribution is -0.139. The van der Waals surface area contributed by atoms with Crippen LogP contribution in [-0.4, -0.2) is 54.0 Å². The second-order valence-electron chi connectivity index (χ2n) is 3.38. The smallest absolute Gasteiger partial charge is 0.241 e. The van der Waals surface area contributed by atoms with Crippen LogP contribution in [-0.2, 0) is 9.59 Å². The fourth-order valence-corrected chi connectivity index (χ4v) is 2.53. The molecule has 0 aliphatic carbocycles. The quantitative estimate of drug-likeness (QED) is 0.565. The van der Waals surface area contributed by atoms with Crippen LogP contribution in [0.25, 0.3) is 0 Å². The number of nitrogens with zero attached hydrogens (tertiary/aromatic N) is 1. The van der Waals surface area contributed by atoms with E-state index in [-0.39, 0.29) is 24.4 Å². The molecular weight excluding hydrogens is 202 g/mol. The van der Waals surface area contributed by atoms with E-state index in [0.717, 1.165) is 11.6 Å². The van der Waals surface area contributed by atoms with Gasteiger partial charge in [0.05, 0.1) is 12.6 Å². The van der Waals surface area contributed by atoms with Gasteiger partial charge in [-0.3, -0.25) is 14.9 Å². The van der Waals surface area contributed by atoms with Crippen molar-refractivity contribution in [1.82, 2.24) is 15.5 Å². The largest absolute Gasteiger partial charge is 0.353 e. The Bertz CT molecular complexity index is 253. The maximum atomic E-state index is 11.8. The number of hydrogen-bond acceptors (Lipinski definition) is 4. The van der Waals surface area contributed by atoms with Crippen LogP contribution in [0.2, 0.25) is 0 Å². The van der Waals surface area contributed by atoms with Gasteiger partial charge in [0.25, 0.3) is 0 Å². The molecule has 1 atom stereocenters. The van der Waals surface area contributed by atoms with Crippen LogP contribution in [0.1, 0.15) is 0 Å². The Morgan fingerprint density at radius 2 is 2.43 bits per heavy atom. The van der Waals surface area contributed by atoms with E-state index in [1.807, 2.05) is 0 Å². The average Bonchev–Trinajstić information content (AvgIpc) is 2.69. The van der Waals surface area contributed by atoms with Crippen LogP contribution in [0.5, 0.6) is 0 Å². The van der Waals surface area contributed by atoms with E-state index in [2.05, 4.69) is 10.6 Å². The van der Waals surface area contributed by atoms with Crippen molar-refractivity contribution in [2.45, 2.75) is 6.04 Å². The molecule has 2 amide bonds. The number of thioether (sulfide) groups is 1. The number of carbonyl (C=O) groups excluding carboxylic acids is 2. The minimum Gasteiger partial charge on any atom is -0.353 e. The Morgan fingerprint density at radius 3 is 3.07 bits per heavy atom. The summed E-state index contributed by atoms with van der Waals surface area (Å²) in [5.74, 6) is 1.65. The average molecular weight is 215 g/mol. The zero-order valence-corrected chi connectivity index (χ0v) is 8.60. The highest BCUT2D eigenvalue weighted by Crippen LogP contribution is 2.12. The monoisotopic (exact) mass is 215 g/mol. The zero-order valence-electron chi connectivity index (χ0n) is 7.78. The molecule has 2 aliphatic heterocycles. The zero-order chi connectivity index (χ0) is 9.97. The van der Waals surface area contributed by atoms with Crippen molar-refractivity contribution in [3.63, 3.8) is 0 Å². The van der Waals surface area contributed by atoms with Crippen LogP contribution in [0.15, 0.2) is 0 Å². The molecule has 1 unspecified atom stereocenters. The Balaban J connectivity index is 1.92. The third-order valence-electron chi connectivity index (χ3n) is 2.36. The molecule has 2 N–H and O–H groups in total. The van der Waals surface area contributed by atoms with Crippen LogP contribution < -0.4 is 10.6 Å². The lowest BCUT2D eigenvalue weighted by atomic mass is 10.2. The van der Waals surface area contributed by atoms with Gasteiger partial charge in [-0.05, 0) is 0 Å². The van der Waals surface area contributed by atoms with Crippen LogP contribution in [0.3, 0.4) is 0 Å². The molecule has 0 radical (unpaired) electrons. The number of piperazine rings is 1. The van der Waals surface area contributed by atoms with Gasteiger partial charge >= 0.3 is 0 Å². The predicted molar refractivity (Wildman–Crippen MR) is 53.8 cm³/mol. The molecule has 6 heteroatoms. The van der Waals surface area contributed by atoms with Crippen LogP contribution >= 0.6 is 11.8 Å². The number of nitrogens with one attached hydrogen (secondary N) is 2. The summed E-state index contributed by atoms with van der Waals surface area (Å²) in [6, 6.07) is -0.0918. The fourth-order valence-electron chi connectivity index (χ4n) is 1.60. The fraction of sp³-hybridized carbons (Fsp3) is 0.750. The van der Waals surface area contributed by atoms with Crippen molar-refractivity contribution < 1.29 is 9.59 Å². The predicted octanol–water partition coefficient (Wildman–Crippen LogP) is -1.39. The molecule has 2 aliphatic rings. The van der Waals surface area contributed by atoms with Crippen molar-refractivity contribution in [2.75, 3.05) is 31.3 Å². The van der Waals surface area contributed by atoms with E-state index < -0.39 is 0 Å². The second-order valence-corrected chi connectivity index (χ2v) is 4.41. The number of carbonyl (C=O) groups is 2. The van der Waals surface area contributed by atoms with E-state index in [1.54, 1.807) is 16.7 Å². The first-order valence-electron chi connectivity index (χ1n) is 4.64. The van der Waals surface area contributed by atoms with Crippen molar-refractivity contribution in [2.24, 2.45) is 0 Å². The molecule has 2 rings (SSSR count). The van der Waals surface area contributed by atoms with Gasteiger partial charge in [0.1, 0.15) is 0 Å². The summed E-state index contributed by atoms with van der Waals surface area (Å²) in [5, 5.41) is 5.81. The van der Waals surface area contributed by atoms with Crippen molar-refractivity contribution >= 4 is 23.6 Å². The minimum absolute atomic E-state index is 0.0600. The van der Waals surface area contributed by atoms with Gasteiger partial charge < -0.3 is 10.2 Å².